The van der Waals surface area contributed by atoms with Gasteiger partial charge in [-0.15, -0.1) is 0 Å². The molecule has 0 radical (unpaired) electrons. The van der Waals surface area contributed by atoms with Crippen LogP contribution in [0, 0.1) is 0 Å². The fraction of sp³-hybridized carbons (Fsp3) is 0.0870. The summed E-state index contributed by atoms with van der Waals surface area (Å²) >= 11 is 9.22. The smallest absolute Gasteiger partial charge is 0.210 e. The van der Waals surface area contributed by atoms with Crippen LogP contribution in [0.4, 0.5) is 5.69 Å². The first-order chi connectivity index (χ1) is 14.2. The van der Waals surface area contributed by atoms with Crippen molar-refractivity contribution in [1.82, 2.24) is 0 Å². The minimum absolute atomic E-state index is 0.0455. The molecule has 0 fully saturated rings. The van der Waals surface area contributed by atoms with Crippen LogP contribution < -0.4 is 4.90 Å². The molecule has 0 heterocycles. The number of carbonyl (C=O) groups is 1. The van der Waals surface area contributed by atoms with E-state index >= 15 is 0 Å². The van der Waals surface area contributed by atoms with Gasteiger partial charge in [0.15, 0.2) is 0 Å². The van der Waals surface area contributed by atoms with Crippen LogP contribution in [-0.4, -0.2) is 28.3 Å². The number of allylic oxidation sites excluding steroid dienone is 1. The molecule has 3 rings (SSSR count). The molecule has 3 aromatic carbocycles. The molecule has 0 aliphatic rings. The zero-order chi connectivity index (χ0) is 21.9. The Morgan fingerprint density at radius 1 is 0.900 bits per heavy atom. The van der Waals surface area contributed by atoms with Crippen LogP contribution in [0.1, 0.15) is 15.9 Å². The van der Waals surface area contributed by atoms with E-state index in [9.17, 15) is 13.2 Å². The largest absolute Gasteiger partial charge is 0.378 e. The molecule has 0 atom stereocenters. The van der Waals surface area contributed by atoms with Gasteiger partial charge in [-0.3, -0.25) is 4.79 Å². The van der Waals surface area contributed by atoms with Crippen LogP contribution in [0.3, 0.4) is 0 Å². The van der Waals surface area contributed by atoms with Gasteiger partial charge in [0.25, 0.3) is 0 Å². The molecular formula is C23H19BrClNO3S. The SMILES string of the molecule is CN(C)c1ccc(/C=C(\C(=O)c2ccc(Cl)cc2)S(=O)(=O)c2ccc(Br)cc2)cc1. The predicted octanol–water partition coefficient (Wildman–Crippen LogP) is 5.87. The molecule has 0 aliphatic heterocycles. The van der Waals surface area contributed by atoms with E-state index in [0.29, 0.717) is 10.6 Å². The molecule has 0 saturated heterocycles. The molecule has 0 bridgehead atoms. The molecule has 0 unspecified atom stereocenters. The summed E-state index contributed by atoms with van der Waals surface area (Å²) in [5, 5.41) is 0.465. The second kappa shape index (κ2) is 9.16. The summed E-state index contributed by atoms with van der Waals surface area (Å²) in [6.07, 6.45) is 1.41. The maximum Gasteiger partial charge on any atom is 0.210 e. The van der Waals surface area contributed by atoms with Crippen molar-refractivity contribution in [3.63, 3.8) is 0 Å². The average molecular weight is 505 g/mol. The van der Waals surface area contributed by atoms with Gasteiger partial charge in [0.05, 0.1) is 4.90 Å². The van der Waals surface area contributed by atoms with Gasteiger partial charge in [-0.25, -0.2) is 8.42 Å². The van der Waals surface area contributed by atoms with Crippen molar-refractivity contribution in [2.24, 2.45) is 0 Å². The maximum absolute atomic E-state index is 13.4. The Balaban J connectivity index is 2.13. The molecule has 0 amide bonds. The summed E-state index contributed by atoms with van der Waals surface area (Å²) in [6, 6.07) is 19.6. The van der Waals surface area contributed by atoms with E-state index in [4.69, 9.17) is 11.6 Å². The van der Waals surface area contributed by atoms with Crippen molar-refractivity contribution in [1.29, 1.82) is 0 Å². The van der Waals surface area contributed by atoms with Gasteiger partial charge in [-0.05, 0) is 72.3 Å². The van der Waals surface area contributed by atoms with Gasteiger partial charge >= 0.3 is 0 Å². The summed E-state index contributed by atoms with van der Waals surface area (Å²) in [5.41, 5.74) is 1.82. The molecule has 4 nitrogen and oxygen atoms in total. The van der Waals surface area contributed by atoms with E-state index in [-0.39, 0.29) is 15.4 Å². The molecule has 30 heavy (non-hydrogen) atoms. The number of ketones is 1. The second-order valence-corrected chi connectivity index (χ2v) is 10.1. The predicted molar refractivity (Wildman–Crippen MR) is 126 cm³/mol. The monoisotopic (exact) mass is 503 g/mol. The van der Waals surface area contributed by atoms with E-state index in [1.807, 2.05) is 31.1 Å². The number of hydrogen-bond acceptors (Lipinski definition) is 4. The Kier molecular flexibility index (Phi) is 6.81. The van der Waals surface area contributed by atoms with Crippen LogP contribution in [-0.2, 0) is 9.84 Å². The van der Waals surface area contributed by atoms with Gasteiger partial charge < -0.3 is 4.90 Å². The Hall–Kier alpha value is -2.41. The van der Waals surface area contributed by atoms with Crippen LogP contribution in [0.5, 0.6) is 0 Å². The van der Waals surface area contributed by atoms with Crippen molar-refractivity contribution in [3.05, 3.63) is 98.3 Å². The Morgan fingerprint density at radius 2 is 1.47 bits per heavy atom. The third-order valence-corrected chi connectivity index (χ3v) is 7.01. The van der Waals surface area contributed by atoms with E-state index in [1.165, 1.54) is 30.3 Å². The first-order valence-electron chi connectivity index (χ1n) is 8.98. The quantitative estimate of drug-likeness (QED) is 0.311. The number of Topliss-reactive ketones (excluding diaryl/α,β-unsaturated/α-hetero) is 1. The molecule has 7 heteroatoms. The van der Waals surface area contributed by atoms with Crippen molar-refractivity contribution >= 4 is 54.9 Å². The van der Waals surface area contributed by atoms with Crippen molar-refractivity contribution < 1.29 is 13.2 Å². The first kappa shape index (κ1) is 22.3. The molecule has 0 N–H and O–H groups in total. The highest BCUT2D eigenvalue weighted by molar-refractivity contribution is 9.10. The Labute approximate surface area is 189 Å². The third kappa shape index (κ3) is 5.01. The molecule has 0 aromatic heterocycles. The zero-order valence-corrected chi connectivity index (χ0v) is 19.5. The lowest BCUT2D eigenvalue weighted by molar-refractivity contribution is 0.104. The lowest BCUT2D eigenvalue weighted by Gasteiger charge is -2.13. The molecular weight excluding hydrogens is 486 g/mol. The first-order valence-corrected chi connectivity index (χ1v) is 11.6. The molecule has 0 aliphatic carbocycles. The molecule has 0 saturated carbocycles. The van der Waals surface area contributed by atoms with E-state index in [1.54, 1.807) is 36.4 Å². The van der Waals surface area contributed by atoms with Crippen LogP contribution in [0.25, 0.3) is 6.08 Å². The maximum atomic E-state index is 13.4. The van der Waals surface area contributed by atoms with E-state index < -0.39 is 15.6 Å². The summed E-state index contributed by atoms with van der Waals surface area (Å²) in [7, 11) is -0.223. The number of rotatable bonds is 6. The minimum atomic E-state index is -4.05. The average Bonchev–Trinajstić information content (AvgIpc) is 2.72. The second-order valence-electron chi connectivity index (χ2n) is 6.79. The Bertz CT molecular complexity index is 1180. The molecule has 154 valence electrons. The van der Waals surface area contributed by atoms with E-state index in [0.717, 1.165) is 10.2 Å². The number of anilines is 1. The fourth-order valence-corrected chi connectivity index (χ4v) is 4.56. The lowest BCUT2D eigenvalue weighted by Crippen LogP contribution is -2.14. The highest BCUT2D eigenvalue weighted by atomic mass is 79.9. The highest BCUT2D eigenvalue weighted by Gasteiger charge is 2.28. The molecule has 0 spiro atoms. The lowest BCUT2D eigenvalue weighted by atomic mass is 10.1. The van der Waals surface area contributed by atoms with Gasteiger partial charge in [-0.1, -0.05) is 39.7 Å². The summed E-state index contributed by atoms with van der Waals surface area (Å²) in [5.74, 6) is -0.591. The standard InChI is InChI=1S/C23H19BrClNO3S/c1-26(2)20-11-3-16(4-12-20)15-22(23(27)17-5-9-19(25)10-6-17)30(28,29)21-13-7-18(24)8-14-21/h3-15H,1-2H3/b22-15+. The number of hydrogen-bond donors (Lipinski definition) is 0. The van der Waals surface area contributed by atoms with Gasteiger partial charge in [0.1, 0.15) is 4.91 Å². The number of benzene rings is 3. The highest BCUT2D eigenvalue weighted by Crippen LogP contribution is 2.27. The van der Waals surface area contributed by atoms with Gasteiger partial charge in [0, 0.05) is 34.8 Å². The van der Waals surface area contributed by atoms with Crippen LogP contribution in [0.15, 0.2) is 87.1 Å². The van der Waals surface area contributed by atoms with Crippen LogP contribution in [0.2, 0.25) is 5.02 Å². The third-order valence-electron chi connectivity index (χ3n) is 4.45. The van der Waals surface area contributed by atoms with Gasteiger partial charge in [0.2, 0.25) is 15.6 Å². The summed E-state index contributed by atoms with van der Waals surface area (Å²) in [4.78, 5) is 14.9. The van der Waals surface area contributed by atoms with Crippen LogP contribution >= 0.6 is 27.5 Å². The zero-order valence-electron chi connectivity index (χ0n) is 16.3. The van der Waals surface area contributed by atoms with Crippen molar-refractivity contribution in [3.8, 4) is 0 Å². The number of halogens is 2. The summed E-state index contributed by atoms with van der Waals surface area (Å²) in [6.45, 7) is 0. The topological polar surface area (TPSA) is 54.5 Å². The summed E-state index contributed by atoms with van der Waals surface area (Å²) < 4.78 is 27.5. The number of nitrogens with zero attached hydrogens (tertiary/aromatic N) is 1. The molecule has 3 aromatic rings. The van der Waals surface area contributed by atoms with Crippen molar-refractivity contribution in [2.75, 3.05) is 19.0 Å². The fourth-order valence-electron chi connectivity index (χ4n) is 2.77. The van der Waals surface area contributed by atoms with E-state index in [2.05, 4.69) is 15.9 Å². The van der Waals surface area contributed by atoms with Gasteiger partial charge in [-0.2, -0.15) is 0 Å². The Morgan fingerprint density at radius 3 is 2.00 bits per heavy atom. The number of sulfone groups is 1. The normalized spacial score (nSPS) is 11.9. The minimum Gasteiger partial charge on any atom is -0.378 e. The number of carbonyl (C=O) groups excluding carboxylic acids is 1. The van der Waals surface area contributed by atoms with Crippen molar-refractivity contribution in [2.45, 2.75) is 4.90 Å².